The number of aliphatic hydroxyl groups excluding tert-OH is 1. The topological polar surface area (TPSA) is 87.6 Å². The Morgan fingerprint density at radius 1 is 1.36 bits per heavy atom. The van der Waals surface area contributed by atoms with E-state index in [0.717, 1.165) is 45.1 Å². The van der Waals surface area contributed by atoms with Crippen molar-refractivity contribution in [1.29, 1.82) is 0 Å². The van der Waals surface area contributed by atoms with Gasteiger partial charge < -0.3 is 20.1 Å². The summed E-state index contributed by atoms with van der Waals surface area (Å²) >= 11 is 7.83. The number of benzene rings is 1. The van der Waals surface area contributed by atoms with Crippen LogP contribution in [0.15, 0.2) is 24.3 Å². The normalized spacial score (nSPS) is 14.5. The zero-order chi connectivity index (χ0) is 19.7. The van der Waals surface area contributed by atoms with Gasteiger partial charge >= 0.3 is 0 Å². The predicted octanol–water partition coefficient (Wildman–Crippen LogP) is 3.09. The van der Waals surface area contributed by atoms with Gasteiger partial charge in [0.05, 0.1) is 23.4 Å². The minimum absolute atomic E-state index is 0.227. The summed E-state index contributed by atoms with van der Waals surface area (Å²) in [7, 11) is 0. The highest BCUT2D eigenvalue weighted by atomic mass is 35.5. The van der Waals surface area contributed by atoms with Crippen molar-refractivity contribution < 1.29 is 14.6 Å². The van der Waals surface area contributed by atoms with Gasteiger partial charge in [-0.3, -0.25) is 4.79 Å². The highest BCUT2D eigenvalue weighted by molar-refractivity contribution is 7.23. The molecule has 0 bridgehead atoms. The van der Waals surface area contributed by atoms with E-state index in [9.17, 15) is 4.79 Å². The summed E-state index contributed by atoms with van der Waals surface area (Å²) in [5.74, 6) is 0.389. The molecule has 0 aliphatic carbocycles. The van der Waals surface area contributed by atoms with Crippen molar-refractivity contribution in [2.75, 3.05) is 43.1 Å². The SMILES string of the molecule is Cc1c(-c2cccc(NC(=O)CO)c2)sc2c(N3CCOCC3)nc(Cl)nc12. The number of ether oxygens (including phenoxy) is 1. The second kappa shape index (κ2) is 8.00. The van der Waals surface area contributed by atoms with Crippen LogP contribution in [0.25, 0.3) is 20.7 Å². The number of carbonyl (C=O) groups excluding carboxylic acids is 1. The van der Waals surface area contributed by atoms with Crippen molar-refractivity contribution in [2.45, 2.75) is 6.92 Å². The smallest absolute Gasteiger partial charge is 0.250 e. The number of hydrogen-bond acceptors (Lipinski definition) is 7. The van der Waals surface area contributed by atoms with Crippen LogP contribution in [0.3, 0.4) is 0 Å². The number of nitrogens with zero attached hydrogens (tertiary/aromatic N) is 3. The molecule has 0 spiro atoms. The number of aliphatic hydroxyl groups is 1. The number of anilines is 2. The molecule has 1 saturated heterocycles. The van der Waals surface area contributed by atoms with Crippen LogP contribution < -0.4 is 10.2 Å². The Balaban J connectivity index is 1.79. The van der Waals surface area contributed by atoms with Gasteiger partial charge in [-0.25, -0.2) is 4.98 Å². The molecule has 9 heteroatoms. The number of aryl methyl sites for hydroxylation is 1. The fourth-order valence-electron chi connectivity index (χ4n) is 3.25. The van der Waals surface area contributed by atoms with Crippen LogP contribution in [-0.4, -0.2) is 53.9 Å². The summed E-state index contributed by atoms with van der Waals surface area (Å²) in [5, 5.41) is 11.8. The maximum Gasteiger partial charge on any atom is 0.250 e. The molecule has 2 aromatic heterocycles. The van der Waals surface area contributed by atoms with E-state index in [-0.39, 0.29) is 5.28 Å². The molecule has 4 rings (SSSR count). The first-order valence-electron chi connectivity index (χ1n) is 8.87. The number of rotatable bonds is 4. The fraction of sp³-hybridized carbons (Fsp3) is 0.316. The van der Waals surface area contributed by atoms with Crippen molar-refractivity contribution in [3.8, 4) is 10.4 Å². The molecule has 2 N–H and O–H groups in total. The van der Waals surface area contributed by atoms with Crippen molar-refractivity contribution in [2.24, 2.45) is 0 Å². The lowest BCUT2D eigenvalue weighted by molar-refractivity contribution is -0.118. The number of fused-ring (bicyclic) bond motifs is 1. The Morgan fingerprint density at radius 2 is 2.14 bits per heavy atom. The molecule has 1 aliphatic heterocycles. The zero-order valence-corrected chi connectivity index (χ0v) is 16.8. The third-order valence-corrected chi connectivity index (χ3v) is 6.08. The minimum atomic E-state index is -0.552. The first kappa shape index (κ1) is 19.1. The molecule has 7 nitrogen and oxygen atoms in total. The summed E-state index contributed by atoms with van der Waals surface area (Å²) in [4.78, 5) is 23.7. The Kier molecular flexibility index (Phi) is 5.45. The van der Waals surface area contributed by atoms with Crippen molar-refractivity contribution in [1.82, 2.24) is 9.97 Å². The molecule has 1 amide bonds. The first-order chi connectivity index (χ1) is 13.6. The molecule has 0 saturated carbocycles. The summed E-state index contributed by atoms with van der Waals surface area (Å²) in [5.41, 5.74) is 3.45. The lowest BCUT2D eigenvalue weighted by Gasteiger charge is -2.28. The number of aromatic nitrogens is 2. The van der Waals surface area contributed by atoms with E-state index in [1.807, 2.05) is 25.1 Å². The Morgan fingerprint density at radius 3 is 2.89 bits per heavy atom. The molecular weight excluding hydrogens is 400 g/mol. The molecular formula is C19H19ClN4O3S. The molecule has 28 heavy (non-hydrogen) atoms. The third-order valence-electron chi connectivity index (χ3n) is 4.58. The van der Waals surface area contributed by atoms with E-state index >= 15 is 0 Å². The van der Waals surface area contributed by atoms with Gasteiger partial charge in [0, 0.05) is 23.7 Å². The second-order valence-corrected chi connectivity index (χ2v) is 7.80. The van der Waals surface area contributed by atoms with E-state index in [2.05, 4.69) is 20.2 Å². The number of hydrogen-bond donors (Lipinski definition) is 2. The van der Waals surface area contributed by atoms with E-state index in [1.165, 1.54) is 0 Å². The molecule has 1 aromatic carbocycles. The van der Waals surface area contributed by atoms with Crippen LogP contribution in [0.1, 0.15) is 5.56 Å². The summed E-state index contributed by atoms with van der Waals surface area (Å²) in [6.45, 7) is 4.30. The number of carbonyl (C=O) groups is 1. The zero-order valence-electron chi connectivity index (χ0n) is 15.2. The molecule has 0 atom stereocenters. The lowest BCUT2D eigenvalue weighted by Crippen LogP contribution is -2.36. The van der Waals surface area contributed by atoms with Crippen LogP contribution in [0, 0.1) is 6.92 Å². The maximum atomic E-state index is 11.5. The average molecular weight is 419 g/mol. The number of thiophene rings is 1. The van der Waals surface area contributed by atoms with Crippen molar-refractivity contribution in [3.63, 3.8) is 0 Å². The number of morpholine rings is 1. The number of halogens is 1. The largest absolute Gasteiger partial charge is 0.387 e. The van der Waals surface area contributed by atoms with Gasteiger partial charge in [-0.1, -0.05) is 12.1 Å². The van der Waals surface area contributed by atoms with E-state index in [4.69, 9.17) is 21.4 Å². The standard InChI is InChI=1S/C19H19ClN4O3S/c1-11-15-17(18(23-19(20)22-15)24-5-7-27-8-6-24)28-16(11)12-3-2-4-13(9-12)21-14(26)10-25/h2-4,9,25H,5-8,10H2,1H3,(H,21,26). The molecule has 1 fully saturated rings. The quantitative estimate of drug-likeness (QED) is 0.633. The van der Waals surface area contributed by atoms with Crippen molar-refractivity contribution >= 4 is 50.6 Å². The molecule has 0 unspecified atom stereocenters. The fourth-order valence-corrected chi connectivity index (χ4v) is 4.67. The monoisotopic (exact) mass is 418 g/mol. The van der Waals surface area contributed by atoms with Crippen LogP contribution in [0.2, 0.25) is 5.28 Å². The third kappa shape index (κ3) is 3.68. The Labute approximate surface area is 170 Å². The van der Waals surface area contributed by atoms with Crippen LogP contribution in [-0.2, 0) is 9.53 Å². The number of nitrogens with one attached hydrogen (secondary N) is 1. The van der Waals surface area contributed by atoms with Gasteiger partial charge in [-0.15, -0.1) is 11.3 Å². The highest BCUT2D eigenvalue weighted by Crippen LogP contribution is 2.42. The van der Waals surface area contributed by atoms with E-state index in [1.54, 1.807) is 17.4 Å². The minimum Gasteiger partial charge on any atom is -0.387 e. The molecule has 146 valence electrons. The molecule has 1 aliphatic rings. The summed E-state index contributed by atoms with van der Waals surface area (Å²) < 4.78 is 6.44. The molecule has 3 aromatic rings. The Hall–Kier alpha value is -2.26. The van der Waals surface area contributed by atoms with Gasteiger partial charge in [0.25, 0.3) is 0 Å². The highest BCUT2D eigenvalue weighted by Gasteiger charge is 2.22. The summed E-state index contributed by atoms with van der Waals surface area (Å²) in [6.07, 6.45) is 0. The van der Waals surface area contributed by atoms with Crippen LogP contribution >= 0.6 is 22.9 Å². The second-order valence-electron chi connectivity index (χ2n) is 6.44. The maximum absolute atomic E-state index is 11.5. The van der Waals surface area contributed by atoms with Crippen molar-refractivity contribution in [3.05, 3.63) is 35.1 Å². The van der Waals surface area contributed by atoms with E-state index in [0.29, 0.717) is 18.9 Å². The van der Waals surface area contributed by atoms with Gasteiger partial charge in [0.2, 0.25) is 11.2 Å². The molecule has 0 radical (unpaired) electrons. The van der Waals surface area contributed by atoms with Gasteiger partial charge in [0.1, 0.15) is 6.61 Å². The predicted molar refractivity (Wildman–Crippen MR) is 111 cm³/mol. The van der Waals surface area contributed by atoms with Gasteiger partial charge in [-0.05, 0) is 41.8 Å². The van der Waals surface area contributed by atoms with Crippen LogP contribution in [0.4, 0.5) is 11.5 Å². The van der Waals surface area contributed by atoms with E-state index < -0.39 is 12.5 Å². The van der Waals surface area contributed by atoms with Gasteiger partial charge in [-0.2, -0.15) is 4.98 Å². The lowest BCUT2D eigenvalue weighted by atomic mass is 10.1. The first-order valence-corrected chi connectivity index (χ1v) is 10.1. The molecule has 3 heterocycles. The summed E-state index contributed by atoms with van der Waals surface area (Å²) in [6, 6.07) is 7.52. The van der Waals surface area contributed by atoms with Gasteiger partial charge in [0.15, 0.2) is 5.82 Å². The number of amides is 1. The Bertz CT molecular complexity index is 1030. The van der Waals surface area contributed by atoms with Crippen LogP contribution in [0.5, 0.6) is 0 Å². The average Bonchev–Trinajstić information content (AvgIpc) is 3.05.